The minimum atomic E-state index is -4.82. The summed E-state index contributed by atoms with van der Waals surface area (Å²) in [6.45, 7) is 1.83. The highest BCUT2D eigenvalue weighted by Gasteiger charge is 2.31. The topological polar surface area (TPSA) is 123 Å². The van der Waals surface area contributed by atoms with E-state index in [1.807, 2.05) is 11.0 Å². The van der Waals surface area contributed by atoms with Crippen LogP contribution in [-0.4, -0.2) is 59.3 Å². The van der Waals surface area contributed by atoms with Gasteiger partial charge in [-0.25, -0.2) is 14.8 Å². The normalized spacial score (nSPS) is 13.6. The first-order chi connectivity index (χ1) is 17.6. The van der Waals surface area contributed by atoms with E-state index < -0.39 is 18.1 Å². The van der Waals surface area contributed by atoms with Crippen LogP contribution in [0.2, 0.25) is 4.34 Å². The molecular formula is C22H17ClF3N7O3S. The molecule has 3 heterocycles. The van der Waals surface area contributed by atoms with Gasteiger partial charge in [0.25, 0.3) is 5.91 Å². The van der Waals surface area contributed by atoms with Crippen molar-refractivity contribution in [2.75, 3.05) is 41.7 Å². The molecule has 15 heteroatoms. The number of alkyl halides is 3. The number of nitrogens with zero attached hydrogens (tertiary/aromatic N) is 5. The molecule has 192 valence electrons. The van der Waals surface area contributed by atoms with Gasteiger partial charge in [-0.05, 0) is 36.4 Å². The molecule has 3 amide bonds. The van der Waals surface area contributed by atoms with Gasteiger partial charge in [0, 0.05) is 38.1 Å². The Balaban J connectivity index is 1.31. The maximum absolute atomic E-state index is 13.0. The number of carbonyl (C=O) groups excluding carboxylic acids is 2. The van der Waals surface area contributed by atoms with Gasteiger partial charge < -0.3 is 19.9 Å². The van der Waals surface area contributed by atoms with Crippen LogP contribution in [0.25, 0.3) is 0 Å². The van der Waals surface area contributed by atoms with Crippen molar-refractivity contribution in [2.45, 2.75) is 6.36 Å². The number of nitrogens with one attached hydrogen (secondary N) is 2. The fourth-order valence-corrected chi connectivity index (χ4v) is 4.44. The number of aromatic nitrogens is 2. The number of benzene rings is 1. The highest BCUT2D eigenvalue weighted by atomic mass is 35.5. The fraction of sp³-hybridized carbons (Fsp3) is 0.227. The maximum atomic E-state index is 13.0. The van der Waals surface area contributed by atoms with Crippen molar-refractivity contribution in [1.82, 2.24) is 14.9 Å². The molecule has 1 fully saturated rings. The van der Waals surface area contributed by atoms with E-state index in [1.54, 1.807) is 17.0 Å². The number of urea groups is 1. The summed E-state index contributed by atoms with van der Waals surface area (Å²) >= 11 is 7.11. The molecule has 0 bridgehead atoms. The lowest BCUT2D eigenvalue weighted by atomic mass is 10.2. The number of hydrogen-bond donors (Lipinski definition) is 2. The zero-order valence-electron chi connectivity index (χ0n) is 18.8. The number of piperazine rings is 1. The van der Waals surface area contributed by atoms with Gasteiger partial charge in [-0.15, -0.1) is 13.2 Å². The van der Waals surface area contributed by atoms with E-state index in [1.165, 1.54) is 18.3 Å². The van der Waals surface area contributed by atoms with Gasteiger partial charge in [0.1, 0.15) is 22.0 Å². The summed E-state index contributed by atoms with van der Waals surface area (Å²) in [5.74, 6) is -0.109. The number of thiazole rings is 1. The zero-order chi connectivity index (χ0) is 26.6. The third-order valence-electron chi connectivity index (χ3n) is 5.12. The zero-order valence-corrected chi connectivity index (χ0v) is 20.3. The molecule has 1 saturated heterocycles. The van der Waals surface area contributed by atoms with Gasteiger partial charge >= 0.3 is 12.4 Å². The summed E-state index contributed by atoms with van der Waals surface area (Å²) in [7, 11) is 0. The number of carbonyl (C=O) groups is 2. The maximum Gasteiger partial charge on any atom is 0.573 e. The van der Waals surface area contributed by atoms with Crippen molar-refractivity contribution in [3.05, 3.63) is 58.2 Å². The molecule has 37 heavy (non-hydrogen) atoms. The lowest BCUT2D eigenvalue weighted by molar-refractivity contribution is -0.274. The van der Waals surface area contributed by atoms with Crippen LogP contribution in [0.3, 0.4) is 0 Å². The molecule has 0 aliphatic carbocycles. The average molecular weight is 552 g/mol. The van der Waals surface area contributed by atoms with E-state index in [0.717, 1.165) is 23.5 Å². The fourth-order valence-electron chi connectivity index (χ4n) is 3.41. The molecule has 10 nitrogen and oxygen atoms in total. The number of pyridine rings is 1. The first-order valence-corrected chi connectivity index (χ1v) is 11.8. The second-order valence-corrected chi connectivity index (χ2v) is 9.19. The first kappa shape index (κ1) is 26.0. The monoisotopic (exact) mass is 551 g/mol. The van der Waals surface area contributed by atoms with Crippen LogP contribution in [0.4, 0.5) is 34.6 Å². The molecule has 2 N–H and O–H groups in total. The van der Waals surface area contributed by atoms with Gasteiger partial charge in [-0.2, -0.15) is 5.26 Å². The summed E-state index contributed by atoms with van der Waals surface area (Å²) < 4.78 is 40.7. The van der Waals surface area contributed by atoms with Crippen molar-refractivity contribution < 1.29 is 27.5 Å². The number of hydrogen-bond acceptors (Lipinski definition) is 8. The molecule has 0 saturated carbocycles. The molecule has 4 rings (SSSR count). The molecule has 3 aromatic rings. The molecule has 0 atom stereocenters. The summed E-state index contributed by atoms with van der Waals surface area (Å²) in [6.07, 6.45) is -3.33. The number of nitriles is 1. The van der Waals surface area contributed by atoms with Gasteiger partial charge in [0.05, 0.1) is 5.56 Å². The molecule has 1 aliphatic rings. The third-order valence-corrected chi connectivity index (χ3v) is 6.29. The minimum absolute atomic E-state index is 0.000525. The Kier molecular flexibility index (Phi) is 7.65. The molecule has 0 radical (unpaired) electrons. The van der Waals surface area contributed by atoms with Crippen LogP contribution in [0, 0.1) is 11.3 Å². The van der Waals surface area contributed by atoms with Crippen LogP contribution in [0.5, 0.6) is 5.75 Å². The number of amides is 3. The predicted octanol–water partition coefficient (Wildman–Crippen LogP) is 4.57. The van der Waals surface area contributed by atoms with Crippen molar-refractivity contribution >= 4 is 51.5 Å². The summed E-state index contributed by atoms with van der Waals surface area (Å²) in [5.41, 5.74) is 0.670. The van der Waals surface area contributed by atoms with Gasteiger partial charge in [0.2, 0.25) is 0 Å². The number of ether oxygens (including phenoxy) is 1. The Morgan fingerprint density at radius 2 is 1.78 bits per heavy atom. The van der Waals surface area contributed by atoms with E-state index in [9.17, 15) is 22.8 Å². The first-order valence-electron chi connectivity index (χ1n) is 10.6. The molecule has 1 aromatic carbocycles. The predicted molar refractivity (Wildman–Crippen MR) is 130 cm³/mol. The van der Waals surface area contributed by atoms with Gasteiger partial charge in [-0.1, -0.05) is 22.9 Å². The smallest absolute Gasteiger partial charge is 0.406 e. The number of rotatable bonds is 5. The molecule has 2 aromatic heterocycles. The Morgan fingerprint density at radius 1 is 1.08 bits per heavy atom. The van der Waals surface area contributed by atoms with Crippen LogP contribution >= 0.6 is 22.9 Å². The van der Waals surface area contributed by atoms with E-state index >= 15 is 0 Å². The number of halogens is 4. The molecule has 1 aliphatic heterocycles. The van der Waals surface area contributed by atoms with Crippen molar-refractivity contribution in [3.63, 3.8) is 0 Å². The lowest BCUT2D eigenvalue weighted by Crippen LogP contribution is -2.49. The van der Waals surface area contributed by atoms with E-state index in [0.29, 0.717) is 37.6 Å². The highest BCUT2D eigenvalue weighted by Crippen LogP contribution is 2.30. The van der Waals surface area contributed by atoms with Crippen LogP contribution in [0.15, 0.2) is 42.6 Å². The standard InChI is InChI=1S/C22H17ClF3N7O3S/c23-18-17(19(34)33-9-7-32(8-10-33)16-6-1-13(11-27)12-28-16)30-21(37-18)31-20(35)29-14-2-4-15(5-3-14)36-22(24,25)26/h1-6,12H,7-10H2,(H2,29,30,31,35). The lowest BCUT2D eigenvalue weighted by Gasteiger charge is -2.35. The summed E-state index contributed by atoms with van der Waals surface area (Å²) in [5, 5.41) is 13.9. The summed E-state index contributed by atoms with van der Waals surface area (Å²) in [6, 6.07) is 9.29. The SMILES string of the molecule is N#Cc1ccc(N2CCN(C(=O)c3nc(NC(=O)Nc4ccc(OC(F)(F)F)cc4)sc3Cl)CC2)nc1. The Bertz CT molecular complexity index is 1320. The van der Waals surface area contributed by atoms with E-state index in [-0.39, 0.29) is 26.8 Å². The summed E-state index contributed by atoms with van der Waals surface area (Å²) in [4.78, 5) is 37.2. The van der Waals surface area contributed by atoms with Crippen LogP contribution in [0.1, 0.15) is 16.1 Å². The molecule has 0 unspecified atom stereocenters. The second-order valence-electron chi connectivity index (χ2n) is 7.59. The van der Waals surface area contributed by atoms with Crippen LogP contribution < -0.4 is 20.3 Å². The van der Waals surface area contributed by atoms with E-state index in [2.05, 4.69) is 25.3 Å². The Labute approximate surface area is 217 Å². The quantitative estimate of drug-likeness (QED) is 0.476. The Morgan fingerprint density at radius 3 is 2.38 bits per heavy atom. The van der Waals surface area contributed by atoms with Gasteiger partial charge in [0.15, 0.2) is 10.8 Å². The van der Waals surface area contributed by atoms with Crippen LogP contribution in [-0.2, 0) is 0 Å². The number of anilines is 3. The largest absolute Gasteiger partial charge is 0.573 e. The van der Waals surface area contributed by atoms with Crippen molar-refractivity contribution in [1.29, 1.82) is 5.26 Å². The molecular weight excluding hydrogens is 535 g/mol. The molecule has 0 spiro atoms. The third kappa shape index (κ3) is 6.78. The average Bonchev–Trinajstić information content (AvgIpc) is 3.23. The Hall–Kier alpha value is -4.09. The minimum Gasteiger partial charge on any atom is -0.406 e. The second kappa shape index (κ2) is 10.9. The van der Waals surface area contributed by atoms with Crippen molar-refractivity contribution in [3.8, 4) is 11.8 Å². The van der Waals surface area contributed by atoms with E-state index in [4.69, 9.17) is 16.9 Å². The highest BCUT2D eigenvalue weighted by molar-refractivity contribution is 7.20. The van der Waals surface area contributed by atoms with Gasteiger partial charge in [-0.3, -0.25) is 10.1 Å². The van der Waals surface area contributed by atoms with Crippen molar-refractivity contribution in [2.24, 2.45) is 0 Å².